The lowest BCUT2D eigenvalue weighted by atomic mass is 10.1. The van der Waals surface area contributed by atoms with Gasteiger partial charge in [0.05, 0.1) is 6.42 Å². The standard InChI is InChI=1S/C17H24N2OS/c20-17(12-14-4-6-16(21)7-5-14)19-11-8-15(13-19)18-9-2-1-3-10-18/h4-7,15,21H,1-3,8-13H2. The van der Waals surface area contributed by atoms with Crippen LogP contribution in [-0.2, 0) is 11.2 Å². The molecule has 0 spiro atoms. The van der Waals surface area contributed by atoms with Gasteiger partial charge in [0.25, 0.3) is 0 Å². The number of carbonyl (C=O) groups excluding carboxylic acids is 1. The maximum atomic E-state index is 12.4. The van der Waals surface area contributed by atoms with Gasteiger partial charge in [-0.25, -0.2) is 0 Å². The Hall–Kier alpha value is -1.00. The van der Waals surface area contributed by atoms with Crippen molar-refractivity contribution in [1.29, 1.82) is 0 Å². The number of rotatable bonds is 3. The molecule has 1 atom stereocenters. The van der Waals surface area contributed by atoms with Gasteiger partial charge < -0.3 is 4.90 Å². The smallest absolute Gasteiger partial charge is 0.227 e. The summed E-state index contributed by atoms with van der Waals surface area (Å²) in [5.74, 6) is 0.265. The predicted molar refractivity (Wildman–Crippen MR) is 87.8 cm³/mol. The normalized spacial score (nSPS) is 23.5. The van der Waals surface area contributed by atoms with Gasteiger partial charge in [0, 0.05) is 24.0 Å². The summed E-state index contributed by atoms with van der Waals surface area (Å²) in [5, 5.41) is 0. The lowest BCUT2D eigenvalue weighted by Crippen LogP contribution is -2.41. The molecule has 1 aromatic carbocycles. The first-order valence-electron chi connectivity index (χ1n) is 8.02. The highest BCUT2D eigenvalue weighted by atomic mass is 32.1. The number of likely N-dealkylation sites (tertiary alicyclic amines) is 2. The summed E-state index contributed by atoms with van der Waals surface area (Å²) in [4.78, 5) is 18.0. The van der Waals surface area contributed by atoms with Crippen LogP contribution in [0, 0.1) is 0 Å². The number of hydrogen-bond acceptors (Lipinski definition) is 3. The molecule has 2 fully saturated rings. The van der Waals surface area contributed by atoms with Crippen LogP contribution in [0.3, 0.4) is 0 Å². The molecule has 0 N–H and O–H groups in total. The van der Waals surface area contributed by atoms with Crippen LogP contribution in [0.1, 0.15) is 31.2 Å². The van der Waals surface area contributed by atoms with Crippen LogP contribution in [0.5, 0.6) is 0 Å². The quantitative estimate of drug-likeness (QED) is 0.868. The van der Waals surface area contributed by atoms with Gasteiger partial charge in [0.1, 0.15) is 0 Å². The van der Waals surface area contributed by atoms with E-state index in [4.69, 9.17) is 0 Å². The van der Waals surface area contributed by atoms with Crippen LogP contribution in [0.4, 0.5) is 0 Å². The second kappa shape index (κ2) is 6.84. The first-order valence-corrected chi connectivity index (χ1v) is 8.47. The van der Waals surface area contributed by atoms with Crippen LogP contribution < -0.4 is 0 Å². The van der Waals surface area contributed by atoms with E-state index in [0.29, 0.717) is 12.5 Å². The zero-order valence-corrected chi connectivity index (χ0v) is 13.4. The van der Waals surface area contributed by atoms with E-state index in [0.717, 1.165) is 30.0 Å². The van der Waals surface area contributed by atoms with Crippen LogP contribution in [0.15, 0.2) is 29.2 Å². The number of benzene rings is 1. The number of thiol groups is 1. The highest BCUT2D eigenvalue weighted by Gasteiger charge is 2.30. The average Bonchev–Trinajstić information content (AvgIpc) is 3.00. The van der Waals surface area contributed by atoms with E-state index in [2.05, 4.69) is 17.5 Å². The fourth-order valence-electron chi connectivity index (χ4n) is 3.45. The first-order chi connectivity index (χ1) is 10.2. The molecule has 0 aromatic heterocycles. The van der Waals surface area contributed by atoms with E-state index in [1.165, 1.54) is 32.4 Å². The number of hydrogen-bond donors (Lipinski definition) is 1. The van der Waals surface area contributed by atoms with Crippen molar-refractivity contribution in [3.63, 3.8) is 0 Å². The largest absolute Gasteiger partial charge is 0.341 e. The lowest BCUT2D eigenvalue weighted by Gasteiger charge is -2.32. The van der Waals surface area contributed by atoms with Gasteiger partial charge in [-0.05, 0) is 50.0 Å². The minimum absolute atomic E-state index is 0.265. The maximum Gasteiger partial charge on any atom is 0.227 e. The summed E-state index contributed by atoms with van der Waals surface area (Å²) < 4.78 is 0. The summed E-state index contributed by atoms with van der Waals surface area (Å²) >= 11 is 4.28. The molecule has 2 heterocycles. The highest BCUT2D eigenvalue weighted by molar-refractivity contribution is 7.80. The van der Waals surface area contributed by atoms with Crippen LogP contribution in [0.25, 0.3) is 0 Å². The highest BCUT2D eigenvalue weighted by Crippen LogP contribution is 2.21. The van der Waals surface area contributed by atoms with Crippen molar-refractivity contribution >= 4 is 18.5 Å². The second-order valence-electron chi connectivity index (χ2n) is 6.22. The Morgan fingerprint density at radius 1 is 1.10 bits per heavy atom. The van der Waals surface area contributed by atoms with Crippen LogP contribution in [-0.4, -0.2) is 47.9 Å². The summed E-state index contributed by atoms with van der Waals surface area (Å²) in [6, 6.07) is 8.49. The van der Waals surface area contributed by atoms with E-state index >= 15 is 0 Å². The van der Waals surface area contributed by atoms with E-state index in [1.807, 2.05) is 29.2 Å². The van der Waals surface area contributed by atoms with E-state index in [-0.39, 0.29) is 5.91 Å². The first kappa shape index (κ1) is 14.9. The maximum absolute atomic E-state index is 12.4. The summed E-state index contributed by atoms with van der Waals surface area (Å²) in [6.07, 6.45) is 5.66. The van der Waals surface area contributed by atoms with E-state index in [9.17, 15) is 4.79 Å². The Balaban J connectivity index is 1.53. The third-order valence-corrected chi connectivity index (χ3v) is 5.01. The minimum atomic E-state index is 0.265. The molecule has 1 amide bonds. The van der Waals surface area contributed by atoms with Gasteiger partial charge in [-0.15, -0.1) is 12.6 Å². The molecule has 4 heteroatoms. The molecule has 0 bridgehead atoms. The average molecular weight is 304 g/mol. The van der Waals surface area contributed by atoms with Gasteiger partial charge in [-0.2, -0.15) is 0 Å². The van der Waals surface area contributed by atoms with Crippen LogP contribution in [0.2, 0.25) is 0 Å². The molecule has 1 aromatic rings. The van der Waals surface area contributed by atoms with Gasteiger partial charge >= 0.3 is 0 Å². The fraction of sp³-hybridized carbons (Fsp3) is 0.588. The number of amides is 1. The monoisotopic (exact) mass is 304 g/mol. The molecule has 0 radical (unpaired) electrons. The van der Waals surface area contributed by atoms with Crippen molar-refractivity contribution in [2.24, 2.45) is 0 Å². The van der Waals surface area contributed by atoms with Gasteiger partial charge in [-0.3, -0.25) is 9.69 Å². The van der Waals surface area contributed by atoms with Crippen molar-refractivity contribution in [2.45, 2.75) is 43.0 Å². The van der Waals surface area contributed by atoms with Gasteiger partial charge in [0.2, 0.25) is 5.91 Å². The van der Waals surface area contributed by atoms with E-state index in [1.54, 1.807) is 0 Å². The van der Waals surface area contributed by atoms with Crippen molar-refractivity contribution in [1.82, 2.24) is 9.80 Å². The van der Waals surface area contributed by atoms with Crippen molar-refractivity contribution in [2.75, 3.05) is 26.2 Å². The third-order valence-electron chi connectivity index (χ3n) is 4.71. The topological polar surface area (TPSA) is 23.6 Å². The Kier molecular flexibility index (Phi) is 4.86. The van der Waals surface area contributed by atoms with Crippen molar-refractivity contribution in [3.8, 4) is 0 Å². The molecule has 3 nitrogen and oxygen atoms in total. The second-order valence-corrected chi connectivity index (χ2v) is 6.74. The molecular formula is C17H24N2OS. The number of piperidine rings is 1. The van der Waals surface area contributed by atoms with Crippen molar-refractivity contribution in [3.05, 3.63) is 29.8 Å². The minimum Gasteiger partial charge on any atom is -0.341 e. The number of nitrogens with zero attached hydrogens (tertiary/aromatic N) is 2. The van der Waals surface area contributed by atoms with Crippen molar-refractivity contribution < 1.29 is 4.79 Å². The Morgan fingerprint density at radius 3 is 2.52 bits per heavy atom. The van der Waals surface area contributed by atoms with Gasteiger partial charge in [0.15, 0.2) is 0 Å². The van der Waals surface area contributed by atoms with E-state index < -0.39 is 0 Å². The Morgan fingerprint density at radius 2 is 1.81 bits per heavy atom. The van der Waals surface area contributed by atoms with Crippen LogP contribution >= 0.6 is 12.6 Å². The molecule has 21 heavy (non-hydrogen) atoms. The molecule has 0 saturated carbocycles. The molecule has 3 rings (SSSR count). The molecule has 114 valence electrons. The zero-order valence-electron chi connectivity index (χ0n) is 12.5. The molecular weight excluding hydrogens is 280 g/mol. The Labute approximate surface area is 132 Å². The lowest BCUT2D eigenvalue weighted by molar-refractivity contribution is -0.129. The molecule has 2 aliphatic heterocycles. The molecule has 2 aliphatic rings. The fourth-order valence-corrected chi connectivity index (χ4v) is 3.60. The number of carbonyl (C=O) groups is 1. The summed E-state index contributed by atoms with van der Waals surface area (Å²) in [6.45, 7) is 4.28. The van der Waals surface area contributed by atoms with Gasteiger partial charge in [-0.1, -0.05) is 18.6 Å². The SMILES string of the molecule is O=C(Cc1ccc(S)cc1)N1CCC(N2CCCCC2)C1. The molecule has 0 aliphatic carbocycles. The Bertz CT molecular complexity index is 482. The summed E-state index contributed by atoms with van der Waals surface area (Å²) in [5.41, 5.74) is 1.08. The zero-order chi connectivity index (χ0) is 14.7. The summed E-state index contributed by atoms with van der Waals surface area (Å²) in [7, 11) is 0. The third kappa shape index (κ3) is 3.80. The molecule has 2 saturated heterocycles. The molecule has 1 unspecified atom stereocenters. The predicted octanol–water partition coefficient (Wildman–Crippen LogP) is 2.60.